The fourth-order valence-corrected chi connectivity index (χ4v) is 2.38. The lowest BCUT2D eigenvalue weighted by molar-refractivity contribution is -0.117. The molecule has 2 nitrogen and oxygen atoms in total. The molecule has 2 aromatic carbocycles. The molecular weight excluding hydrogens is 234 g/mol. The average Bonchev–Trinajstić information content (AvgIpc) is 2.40. The number of rotatable bonds is 4. The van der Waals surface area contributed by atoms with Crippen molar-refractivity contribution in [1.82, 2.24) is 0 Å². The smallest absolute Gasteiger partial charge is 0.224 e. The third-order valence-corrected chi connectivity index (χ3v) is 3.19. The van der Waals surface area contributed by atoms with E-state index in [9.17, 15) is 4.79 Å². The summed E-state index contributed by atoms with van der Waals surface area (Å²) in [5.74, 6) is 0.0784. The molecule has 0 N–H and O–H groups in total. The fourth-order valence-electron chi connectivity index (χ4n) is 2.38. The molecule has 0 fully saturated rings. The van der Waals surface area contributed by atoms with Gasteiger partial charge in [-0.1, -0.05) is 48.5 Å². The van der Waals surface area contributed by atoms with Crippen molar-refractivity contribution in [2.45, 2.75) is 26.3 Å². The van der Waals surface area contributed by atoms with Gasteiger partial charge >= 0.3 is 0 Å². The van der Waals surface area contributed by atoms with E-state index in [1.54, 1.807) is 6.92 Å². The van der Waals surface area contributed by atoms with Crippen molar-refractivity contribution in [1.29, 1.82) is 0 Å². The summed E-state index contributed by atoms with van der Waals surface area (Å²) in [4.78, 5) is 13.8. The summed E-state index contributed by atoms with van der Waals surface area (Å²) in [6, 6.07) is 20.2. The van der Waals surface area contributed by atoms with Crippen molar-refractivity contribution in [3.8, 4) is 0 Å². The highest BCUT2D eigenvalue weighted by molar-refractivity contribution is 5.92. The van der Waals surface area contributed by atoms with Gasteiger partial charge in [-0.2, -0.15) is 0 Å². The molecule has 0 aliphatic heterocycles. The van der Waals surface area contributed by atoms with Gasteiger partial charge in [-0.3, -0.25) is 4.79 Å². The standard InChI is InChI=1S/C17H19NO/c1-14(13-16-9-5-3-6-10-16)18(15(2)19)17-11-7-4-8-12-17/h3-12,14H,13H2,1-2H3. The quantitative estimate of drug-likeness (QED) is 0.814. The van der Waals surface area contributed by atoms with Crippen LogP contribution in [0.1, 0.15) is 19.4 Å². The molecule has 19 heavy (non-hydrogen) atoms. The van der Waals surface area contributed by atoms with Gasteiger partial charge in [-0.05, 0) is 31.0 Å². The summed E-state index contributed by atoms with van der Waals surface area (Å²) in [6.07, 6.45) is 0.856. The second-order valence-electron chi connectivity index (χ2n) is 4.76. The lowest BCUT2D eigenvalue weighted by atomic mass is 10.1. The van der Waals surface area contributed by atoms with Gasteiger partial charge in [0.1, 0.15) is 0 Å². The molecule has 1 atom stereocenters. The van der Waals surface area contributed by atoms with Gasteiger partial charge in [-0.15, -0.1) is 0 Å². The fraction of sp³-hybridized carbons (Fsp3) is 0.235. The molecule has 0 aliphatic carbocycles. The van der Waals surface area contributed by atoms with Crippen LogP contribution in [0.15, 0.2) is 60.7 Å². The summed E-state index contributed by atoms with van der Waals surface area (Å²) in [7, 11) is 0. The maximum absolute atomic E-state index is 11.9. The second-order valence-corrected chi connectivity index (χ2v) is 4.76. The Labute approximate surface area is 114 Å². The molecule has 2 rings (SSSR count). The summed E-state index contributed by atoms with van der Waals surface area (Å²) in [5, 5.41) is 0. The third-order valence-electron chi connectivity index (χ3n) is 3.19. The predicted molar refractivity (Wildman–Crippen MR) is 79.2 cm³/mol. The third kappa shape index (κ3) is 3.44. The first-order chi connectivity index (χ1) is 9.18. The first kappa shape index (κ1) is 13.3. The molecule has 0 heterocycles. The largest absolute Gasteiger partial charge is 0.310 e. The van der Waals surface area contributed by atoms with Crippen LogP contribution >= 0.6 is 0 Å². The molecule has 2 aromatic rings. The highest BCUT2D eigenvalue weighted by Gasteiger charge is 2.18. The summed E-state index contributed by atoms with van der Waals surface area (Å²) < 4.78 is 0. The molecule has 0 spiro atoms. The Morgan fingerprint density at radius 3 is 2.05 bits per heavy atom. The summed E-state index contributed by atoms with van der Waals surface area (Å²) in [6.45, 7) is 3.70. The van der Waals surface area contributed by atoms with Gasteiger partial charge in [0.15, 0.2) is 0 Å². The van der Waals surface area contributed by atoms with Gasteiger partial charge in [0, 0.05) is 18.7 Å². The van der Waals surface area contributed by atoms with Crippen molar-refractivity contribution in [3.63, 3.8) is 0 Å². The lowest BCUT2D eigenvalue weighted by Gasteiger charge is -2.28. The number of carbonyl (C=O) groups is 1. The van der Waals surface area contributed by atoms with E-state index in [1.165, 1.54) is 5.56 Å². The van der Waals surface area contributed by atoms with E-state index in [0.717, 1.165) is 12.1 Å². The van der Waals surface area contributed by atoms with Crippen molar-refractivity contribution in [2.75, 3.05) is 4.90 Å². The zero-order valence-corrected chi connectivity index (χ0v) is 11.4. The van der Waals surface area contributed by atoms with E-state index in [2.05, 4.69) is 19.1 Å². The summed E-state index contributed by atoms with van der Waals surface area (Å²) in [5.41, 5.74) is 2.20. The molecular formula is C17H19NO. The Morgan fingerprint density at radius 1 is 1.00 bits per heavy atom. The molecule has 0 bridgehead atoms. The number of anilines is 1. The molecule has 1 amide bonds. The van der Waals surface area contributed by atoms with E-state index < -0.39 is 0 Å². The summed E-state index contributed by atoms with van der Waals surface area (Å²) >= 11 is 0. The van der Waals surface area contributed by atoms with Gasteiger partial charge < -0.3 is 4.90 Å². The highest BCUT2D eigenvalue weighted by Crippen LogP contribution is 2.19. The first-order valence-corrected chi connectivity index (χ1v) is 6.57. The SMILES string of the molecule is CC(=O)N(c1ccccc1)C(C)Cc1ccccc1. The molecule has 0 aliphatic rings. The number of carbonyl (C=O) groups excluding carboxylic acids is 1. The van der Waals surface area contributed by atoms with Crippen LogP contribution < -0.4 is 4.90 Å². The molecule has 0 saturated carbocycles. The Hall–Kier alpha value is -2.09. The van der Waals surface area contributed by atoms with E-state index in [-0.39, 0.29) is 11.9 Å². The molecule has 0 saturated heterocycles. The Kier molecular flexibility index (Phi) is 4.35. The first-order valence-electron chi connectivity index (χ1n) is 6.57. The van der Waals surface area contributed by atoms with E-state index >= 15 is 0 Å². The van der Waals surface area contributed by atoms with Crippen LogP contribution in [0.25, 0.3) is 0 Å². The number of benzene rings is 2. The molecule has 2 heteroatoms. The number of hydrogen-bond donors (Lipinski definition) is 0. The Balaban J connectivity index is 2.18. The van der Waals surface area contributed by atoms with Gasteiger partial charge in [0.05, 0.1) is 0 Å². The monoisotopic (exact) mass is 253 g/mol. The van der Waals surface area contributed by atoms with Crippen LogP contribution in [0.4, 0.5) is 5.69 Å². The van der Waals surface area contributed by atoms with Crippen molar-refractivity contribution in [3.05, 3.63) is 66.2 Å². The number of hydrogen-bond acceptors (Lipinski definition) is 1. The molecule has 0 aromatic heterocycles. The van der Waals surface area contributed by atoms with Gasteiger partial charge in [0.25, 0.3) is 0 Å². The second kappa shape index (κ2) is 6.19. The van der Waals surface area contributed by atoms with Crippen LogP contribution in [0.5, 0.6) is 0 Å². The van der Waals surface area contributed by atoms with Gasteiger partial charge in [0.2, 0.25) is 5.91 Å². The zero-order chi connectivity index (χ0) is 13.7. The van der Waals surface area contributed by atoms with E-state index in [4.69, 9.17) is 0 Å². The Morgan fingerprint density at radius 2 is 1.53 bits per heavy atom. The molecule has 1 unspecified atom stereocenters. The minimum absolute atomic E-state index is 0.0784. The maximum Gasteiger partial charge on any atom is 0.224 e. The van der Waals surface area contributed by atoms with Crippen LogP contribution in [-0.2, 0) is 11.2 Å². The van der Waals surface area contributed by atoms with Crippen LogP contribution in [0, 0.1) is 0 Å². The maximum atomic E-state index is 11.9. The number of para-hydroxylation sites is 1. The Bertz CT molecular complexity index is 521. The number of amides is 1. The number of nitrogens with zero attached hydrogens (tertiary/aromatic N) is 1. The normalized spacial score (nSPS) is 11.9. The minimum Gasteiger partial charge on any atom is -0.310 e. The highest BCUT2D eigenvalue weighted by atomic mass is 16.2. The van der Waals surface area contributed by atoms with E-state index in [1.807, 2.05) is 53.4 Å². The van der Waals surface area contributed by atoms with Crippen LogP contribution in [-0.4, -0.2) is 11.9 Å². The van der Waals surface area contributed by atoms with Crippen molar-refractivity contribution in [2.24, 2.45) is 0 Å². The van der Waals surface area contributed by atoms with Gasteiger partial charge in [-0.25, -0.2) is 0 Å². The minimum atomic E-state index is 0.0784. The average molecular weight is 253 g/mol. The topological polar surface area (TPSA) is 20.3 Å². The van der Waals surface area contributed by atoms with Crippen molar-refractivity contribution < 1.29 is 4.79 Å². The van der Waals surface area contributed by atoms with Crippen LogP contribution in [0.3, 0.4) is 0 Å². The van der Waals surface area contributed by atoms with Crippen molar-refractivity contribution >= 4 is 11.6 Å². The van der Waals surface area contributed by atoms with Crippen LogP contribution in [0.2, 0.25) is 0 Å². The zero-order valence-electron chi connectivity index (χ0n) is 11.4. The predicted octanol–water partition coefficient (Wildman–Crippen LogP) is 3.67. The lowest BCUT2D eigenvalue weighted by Crippen LogP contribution is -2.38. The molecule has 0 radical (unpaired) electrons. The molecule has 98 valence electrons. The van der Waals surface area contributed by atoms with E-state index in [0.29, 0.717) is 0 Å².